The van der Waals surface area contributed by atoms with Gasteiger partial charge in [0, 0.05) is 12.2 Å². The molecule has 1 aromatic rings. The van der Waals surface area contributed by atoms with Crippen LogP contribution < -0.4 is 11.5 Å². The maximum atomic E-state index is 13.0. The maximum absolute atomic E-state index is 13.0. The van der Waals surface area contributed by atoms with Crippen molar-refractivity contribution in [2.75, 3.05) is 12.3 Å². The summed E-state index contributed by atoms with van der Waals surface area (Å²) < 4.78 is 27.1. The largest absolute Gasteiger partial charge is 0.398 e. The van der Waals surface area contributed by atoms with E-state index in [0.717, 1.165) is 12.8 Å². The fraction of sp³-hybridized carbons (Fsp3) is 0.500. The van der Waals surface area contributed by atoms with Crippen molar-refractivity contribution in [3.05, 3.63) is 23.3 Å². The van der Waals surface area contributed by atoms with Crippen molar-refractivity contribution >= 4 is 21.6 Å². The average Bonchev–Trinajstić information content (AvgIpc) is 2.43. The second-order valence-electron chi connectivity index (χ2n) is 5.46. The molecule has 1 unspecified atom stereocenters. The second kappa shape index (κ2) is 5.65. The third kappa shape index (κ3) is 2.75. The molecule has 4 N–H and O–H groups in total. The number of carbonyl (C=O) groups is 1. The van der Waals surface area contributed by atoms with E-state index < -0.39 is 22.0 Å². The van der Waals surface area contributed by atoms with Gasteiger partial charge in [-0.15, -0.1) is 0 Å². The number of sulfonamides is 1. The number of aryl methyl sites for hydroxylation is 1. The number of anilines is 1. The van der Waals surface area contributed by atoms with Gasteiger partial charge in [-0.3, -0.25) is 4.79 Å². The first-order chi connectivity index (χ1) is 9.76. The van der Waals surface area contributed by atoms with Crippen LogP contribution in [-0.2, 0) is 14.8 Å². The van der Waals surface area contributed by atoms with Gasteiger partial charge in [-0.25, -0.2) is 8.42 Å². The van der Waals surface area contributed by atoms with Crippen molar-refractivity contribution in [2.24, 2.45) is 5.73 Å². The van der Waals surface area contributed by atoms with Crippen molar-refractivity contribution in [2.45, 2.75) is 44.0 Å². The third-order valence-corrected chi connectivity index (χ3v) is 6.19. The molecule has 1 aromatic carbocycles. The number of hydrogen-bond acceptors (Lipinski definition) is 4. The zero-order chi connectivity index (χ0) is 15.8. The highest BCUT2D eigenvalue weighted by Crippen LogP contribution is 2.31. The first kappa shape index (κ1) is 15.8. The van der Waals surface area contributed by atoms with Gasteiger partial charge in [-0.2, -0.15) is 4.31 Å². The Bertz CT molecular complexity index is 670. The van der Waals surface area contributed by atoms with Gasteiger partial charge in [0.05, 0.1) is 4.90 Å². The number of nitrogens with two attached hydrogens (primary N) is 2. The molecular weight excluding hydrogens is 290 g/mol. The first-order valence-electron chi connectivity index (χ1n) is 6.93. The molecule has 0 bridgehead atoms. The fourth-order valence-corrected chi connectivity index (χ4v) is 4.96. The summed E-state index contributed by atoms with van der Waals surface area (Å²) in [5.74, 6) is -0.600. The molecule has 0 aromatic heterocycles. The van der Waals surface area contributed by atoms with Gasteiger partial charge in [0.25, 0.3) is 0 Å². The summed E-state index contributed by atoms with van der Waals surface area (Å²) in [6.45, 7) is 3.71. The Morgan fingerprint density at radius 1 is 1.29 bits per heavy atom. The summed E-state index contributed by atoms with van der Waals surface area (Å²) in [5, 5.41) is 0. The molecule has 1 aliphatic rings. The quantitative estimate of drug-likeness (QED) is 0.809. The van der Waals surface area contributed by atoms with E-state index in [1.165, 1.54) is 4.31 Å². The summed E-state index contributed by atoms with van der Waals surface area (Å²) >= 11 is 0. The van der Waals surface area contributed by atoms with E-state index in [0.29, 0.717) is 29.8 Å². The van der Waals surface area contributed by atoms with E-state index in [1.54, 1.807) is 26.0 Å². The van der Waals surface area contributed by atoms with Crippen LogP contribution in [0.5, 0.6) is 0 Å². The number of primary amides is 1. The van der Waals surface area contributed by atoms with Gasteiger partial charge in [-0.1, -0.05) is 12.5 Å². The topological polar surface area (TPSA) is 106 Å². The molecule has 6 nitrogen and oxygen atoms in total. The number of nitrogen functional groups attached to an aromatic ring is 1. The third-order valence-electron chi connectivity index (χ3n) is 3.99. The molecule has 1 atom stereocenters. The van der Waals surface area contributed by atoms with Crippen molar-refractivity contribution in [3.63, 3.8) is 0 Å². The number of benzene rings is 1. The Morgan fingerprint density at radius 3 is 2.57 bits per heavy atom. The van der Waals surface area contributed by atoms with Crippen LogP contribution in [0.4, 0.5) is 5.69 Å². The predicted molar refractivity (Wildman–Crippen MR) is 81.1 cm³/mol. The standard InChI is InChI=1S/C14H21N3O3S/c1-9-6-7-11(15)10(2)13(9)21(19,20)17-8-4-3-5-12(17)14(16)18/h6-7,12H,3-5,8,15H2,1-2H3,(H2,16,18). The second-order valence-corrected chi connectivity index (χ2v) is 7.28. The van der Waals surface area contributed by atoms with Crippen molar-refractivity contribution in [3.8, 4) is 0 Å². The van der Waals surface area contributed by atoms with Crippen LogP contribution in [0, 0.1) is 13.8 Å². The summed E-state index contributed by atoms with van der Waals surface area (Å²) in [6.07, 6.45) is 1.99. The smallest absolute Gasteiger partial charge is 0.244 e. The molecule has 1 saturated heterocycles. The van der Waals surface area contributed by atoms with E-state index >= 15 is 0 Å². The highest BCUT2D eigenvalue weighted by molar-refractivity contribution is 7.89. The van der Waals surface area contributed by atoms with Gasteiger partial charge >= 0.3 is 0 Å². The first-order valence-corrected chi connectivity index (χ1v) is 8.37. The Hall–Kier alpha value is -1.60. The number of piperidine rings is 1. The minimum Gasteiger partial charge on any atom is -0.398 e. The minimum absolute atomic E-state index is 0.190. The van der Waals surface area contributed by atoms with Gasteiger partial charge in [-0.05, 0) is 43.9 Å². The number of nitrogens with zero attached hydrogens (tertiary/aromatic N) is 1. The van der Waals surface area contributed by atoms with E-state index in [9.17, 15) is 13.2 Å². The molecule has 0 radical (unpaired) electrons. The molecule has 2 rings (SSSR count). The Balaban J connectivity index is 2.56. The summed E-state index contributed by atoms with van der Waals surface area (Å²) in [6, 6.07) is 2.59. The summed E-state index contributed by atoms with van der Waals surface area (Å²) in [5.41, 5.74) is 12.8. The zero-order valence-electron chi connectivity index (χ0n) is 12.3. The van der Waals surface area contributed by atoms with Gasteiger partial charge < -0.3 is 11.5 Å². The van der Waals surface area contributed by atoms with Gasteiger partial charge in [0.1, 0.15) is 6.04 Å². The van der Waals surface area contributed by atoms with Crippen molar-refractivity contribution in [1.29, 1.82) is 0 Å². The predicted octanol–water partition coefficient (Wildman–Crippen LogP) is 0.914. The number of amides is 1. The van der Waals surface area contributed by atoms with Crippen LogP contribution in [0.15, 0.2) is 17.0 Å². The monoisotopic (exact) mass is 311 g/mol. The molecule has 116 valence electrons. The highest BCUT2D eigenvalue weighted by Gasteiger charge is 2.38. The van der Waals surface area contributed by atoms with E-state index in [2.05, 4.69) is 0 Å². The highest BCUT2D eigenvalue weighted by atomic mass is 32.2. The number of carbonyl (C=O) groups excluding carboxylic acids is 1. The van der Waals surface area contributed by atoms with Gasteiger partial charge in [0.15, 0.2) is 0 Å². The molecule has 0 spiro atoms. The Morgan fingerprint density at radius 2 is 1.95 bits per heavy atom. The van der Waals surface area contributed by atoms with E-state index in [1.807, 2.05) is 0 Å². The molecule has 1 fully saturated rings. The average molecular weight is 311 g/mol. The lowest BCUT2D eigenvalue weighted by Crippen LogP contribution is -2.50. The van der Waals surface area contributed by atoms with Crippen molar-refractivity contribution in [1.82, 2.24) is 4.31 Å². The molecule has 1 heterocycles. The molecule has 0 aliphatic carbocycles. The van der Waals surface area contributed by atoms with E-state index in [-0.39, 0.29) is 4.90 Å². The molecule has 1 aliphatic heterocycles. The fourth-order valence-electron chi connectivity index (χ4n) is 2.83. The van der Waals surface area contributed by atoms with Crippen LogP contribution in [0.25, 0.3) is 0 Å². The lowest BCUT2D eigenvalue weighted by atomic mass is 10.0. The Labute approximate surface area is 125 Å². The Kier molecular flexibility index (Phi) is 4.25. The van der Waals surface area contributed by atoms with Crippen LogP contribution in [-0.4, -0.2) is 31.2 Å². The van der Waals surface area contributed by atoms with E-state index in [4.69, 9.17) is 11.5 Å². The normalized spacial score (nSPS) is 20.4. The molecule has 21 heavy (non-hydrogen) atoms. The number of rotatable bonds is 3. The van der Waals surface area contributed by atoms with Crippen LogP contribution in [0.3, 0.4) is 0 Å². The zero-order valence-corrected chi connectivity index (χ0v) is 13.1. The minimum atomic E-state index is -3.79. The number of hydrogen-bond donors (Lipinski definition) is 2. The lowest BCUT2D eigenvalue weighted by molar-refractivity contribution is -0.122. The SMILES string of the molecule is Cc1ccc(N)c(C)c1S(=O)(=O)N1CCCCC1C(N)=O. The van der Waals surface area contributed by atoms with Gasteiger partial charge in [0.2, 0.25) is 15.9 Å². The van der Waals surface area contributed by atoms with Crippen LogP contribution >= 0.6 is 0 Å². The van der Waals surface area contributed by atoms with Crippen LogP contribution in [0.1, 0.15) is 30.4 Å². The molecule has 7 heteroatoms. The molecular formula is C14H21N3O3S. The molecule has 1 amide bonds. The van der Waals surface area contributed by atoms with Crippen molar-refractivity contribution < 1.29 is 13.2 Å². The van der Waals surface area contributed by atoms with Crippen LogP contribution in [0.2, 0.25) is 0 Å². The lowest BCUT2D eigenvalue weighted by Gasteiger charge is -2.33. The molecule has 0 saturated carbocycles. The maximum Gasteiger partial charge on any atom is 0.244 e. The summed E-state index contributed by atoms with van der Waals surface area (Å²) in [4.78, 5) is 11.8. The summed E-state index contributed by atoms with van der Waals surface area (Å²) in [7, 11) is -3.79.